The van der Waals surface area contributed by atoms with Crippen LogP contribution in [0, 0.1) is 6.92 Å². The van der Waals surface area contributed by atoms with Gasteiger partial charge in [-0.05, 0) is 44.0 Å². The second-order valence-electron chi connectivity index (χ2n) is 5.82. The molecule has 1 atom stereocenters. The minimum Gasteiger partial charge on any atom is -0.292 e. The average molecular weight is 265 g/mol. The van der Waals surface area contributed by atoms with Crippen LogP contribution in [-0.2, 0) is 0 Å². The molecule has 0 N–H and O–H groups in total. The molecular formula is C19H23N. The van der Waals surface area contributed by atoms with Crippen LogP contribution < -0.4 is 0 Å². The Labute approximate surface area is 122 Å². The van der Waals surface area contributed by atoms with Gasteiger partial charge in [-0.25, -0.2) is 0 Å². The van der Waals surface area contributed by atoms with E-state index in [1.54, 1.807) is 0 Å². The Hall–Kier alpha value is -1.60. The number of rotatable bonds is 3. The van der Waals surface area contributed by atoms with Crippen LogP contribution in [0.3, 0.4) is 0 Å². The van der Waals surface area contributed by atoms with Crippen molar-refractivity contribution in [1.82, 2.24) is 4.90 Å². The van der Waals surface area contributed by atoms with Crippen LogP contribution in [0.2, 0.25) is 0 Å². The molecule has 104 valence electrons. The topological polar surface area (TPSA) is 3.24 Å². The van der Waals surface area contributed by atoms with Crippen LogP contribution in [0.5, 0.6) is 0 Å². The van der Waals surface area contributed by atoms with E-state index in [2.05, 4.69) is 66.4 Å². The molecule has 0 saturated carbocycles. The smallest absolute Gasteiger partial charge is 0.0601 e. The lowest BCUT2D eigenvalue weighted by atomic mass is 9.94. The Morgan fingerprint density at radius 2 is 1.50 bits per heavy atom. The molecular weight excluding hydrogens is 242 g/mol. The molecule has 1 nitrogen and oxygen atoms in total. The molecule has 0 bridgehead atoms. The molecule has 0 amide bonds. The van der Waals surface area contributed by atoms with E-state index in [-0.39, 0.29) is 0 Å². The molecule has 1 aliphatic rings. The van der Waals surface area contributed by atoms with Crippen molar-refractivity contribution in [3.63, 3.8) is 0 Å². The highest BCUT2D eigenvalue weighted by molar-refractivity contribution is 5.34. The first-order chi connectivity index (χ1) is 9.84. The highest BCUT2D eigenvalue weighted by Gasteiger charge is 2.23. The maximum absolute atomic E-state index is 2.65. The fourth-order valence-corrected chi connectivity index (χ4v) is 3.27. The molecule has 1 heteroatoms. The summed E-state index contributed by atoms with van der Waals surface area (Å²) in [5.74, 6) is 0. The van der Waals surface area contributed by atoms with Crippen LogP contribution in [-0.4, -0.2) is 18.0 Å². The van der Waals surface area contributed by atoms with Crippen molar-refractivity contribution in [2.24, 2.45) is 0 Å². The molecule has 20 heavy (non-hydrogen) atoms. The number of piperidine rings is 1. The predicted octanol–water partition coefficient (Wildman–Crippen LogP) is 4.57. The van der Waals surface area contributed by atoms with Gasteiger partial charge in [0.15, 0.2) is 0 Å². The molecule has 1 aliphatic heterocycles. The highest BCUT2D eigenvalue weighted by Crippen LogP contribution is 2.31. The minimum absolute atomic E-state index is 0.413. The molecule has 1 fully saturated rings. The second kappa shape index (κ2) is 6.23. The molecule has 1 unspecified atom stereocenters. The Morgan fingerprint density at radius 1 is 0.800 bits per heavy atom. The van der Waals surface area contributed by atoms with E-state index in [1.807, 2.05) is 0 Å². The van der Waals surface area contributed by atoms with E-state index in [4.69, 9.17) is 0 Å². The summed E-state index contributed by atoms with van der Waals surface area (Å²) >= 11 is 0. The largest absolute Gasteiger partial charge is 0.292 e. The van der Waals surface area contributed by atoms with E-state index < -0.39 is 0 Å². The summed E-state index contributed by atoms with van der Waals surface area (Å²) in [4.78, 5) is 2.65. The molecule has 0 radical (unpaired) electrons. The lowest BCUT2D eigenvalue weighted by Crippen LogP contribution is -2.34. The van der Waals surface area contributed by atoms with Crippen LogP contribution in [0.1, 0.15) is 42.0 Å². The van der Waals surface area contributed by atoms with E-state index in [9.17, 15) is 0 Å². The maximum atomic E-state index is 2.65. The van der Waals surface area contributed by atoms with E-state index >= 15 is 0 Å². The normalized spacial score (nSPS) is 17.9. The predicted molar refractivity (Wildman–Crippen MR) is 84.9 cm³/mol. The summed E-state index contributed by atoms with van der Waals surface area (Å²) in [6.45, 7) is 4.61. The molecule has 1 saturated heterocycles. The standard InChI is InChI=1S/C19H23N/c1-16-9-8-12-18(15-16)19(17-10-4-2-5-11-17)20-13-6-3-7-14-20/h2,4-5,8-12,15,19H,3,6-7,13-14H2,1H3. The zero-order chi connectivity index (χ0) is 13.8. The van der Waals surface area contributed by atoms with Crippen molar-refractivity contribution < 1.29 is 0 Å². The Kier molecular flexibility index (Phi) is 4.17. The summed E-state index contributed by atoms with van der Waals surface area (Å²) in [7, 11) is 0. The number of likely N-dealkylation sites (tertiary alicyclic amines) is 1. The zero-order valence-electron chi connectivity index (χ0n) is 12.3. The van der Waals surface area contributed by atoms with Gasteiger partial charge in [-0.2, -0.15) is 0 Å². The quantitative estimate of drug-likeness (QED) is 0.785. The first-order valence-electron chi connectivity index (χ1n) is 7.70. The second-order valence-corrected chi connectivity index (χ2v) is 5.82. The third kappa shape index (κ3) is 2.94. The van der Waals surface area contributed by atoms with Gasteiger partial charge in [-0.1, -0.05) is 66.6 Å². The number of nitrogens with zero attached hydrogens (tertiary/aromatic N) is 1. The Morgan fingerprint density at radius 3 is 2.20 bits per heavy atom. The molecule has 2 aromatic carbocycles. The zero-order valence-corrected chi connectivity index (χ0v) is 12.3. The van der Waals surface area contributed by atoms with E-state index in [0.717, 1.165) is 0 Å². The van der Waals surface area contributed by atoms with E-state index in [0.29, 0.717) is 6.04 Å². The van der Waals surface area contributed by atoms with Crippen LogP contribution >= 0.6 is 0 Å². The first-order valence-corrected chi connectivity index (χ1v) is 7.70. The fraction of sp³-hybridized carbons (Fsp3) is 0.368. The van der Waals surface area contributed by atoms with Crippen molar-refractivity contribution in [2.75, 3.05) is 13.1 Å². The van der Waals surface area contributed by atoms with Gasteiger partial charge in [0.05, 0.1) is 6.04 Å². The third-order valence-electron chi connectivity index (χ3n) is 4.23. The van der Waals surface area contributed by atoms with Gasteiger partial charge in [0.25, 0.3) is 0 Å². The van der Waals surface area contributed by atoms with Gasteiger partial charge in [0, 0.05) is 0 Å². The summed E-state index contributed by atoms with van der Waals surface area (Å²) in [6, 6.07) is 20.3. The molecule has 2 aromatic rings. The number of hydrogen-bond donors (Lipinski definition) is 0. The lowest BCUT2D eigenvalue weighted by molar-refractivity contribution is 0.187. The van der Waals surface area contributed by atoms with Gasteiger partial charge in [-0.15, -0.1) is 0 Å². The molecule has 0 spiro atoms. The molecule has 1 heterocycles. The van der Waals surface area contributed by atoms with Gasteiger partial charge in [0.1, 0.15) is 0 Å². The SMILES string of the molecule is Cc1cccc(C(c2ccccc2)N2CCCCC2)c1. The number of hydrogen-bond acceptors (Lipinski definition) is 1. The third-order valence-corrected chi connectivity index (χ3v) is 4.23. The Bertz CT molecular complexity index is 541. The summed E-state index contributed by atoms with van der Waals surface area (Å²) in [5, 5.41) is 0. The minimum atomic E-state index is 0.413. The maximum Gasteiger partial charge on any atom is 0.0601 e. The number of aryl methyl sites for hydroxylation is 1. The van der Waals surface area contributed by atoms with Gasteiger partial charge in [0.2, 0.25) is 0 Å². The summed E-state index contributed by atoms with van der Waals surface area (Å²) in [5.41, 5.74) is 4.19. The Balaban J connectivity index is 1.98. The van der Waals surface area contributed by atoms with Crippen LogP contribution in [0.15, 0.2) is 54.6 Å². The van der Waals surface area contributed by atoms with Crippen molar-refractivity contribution in [1.29, 1.82) is 0 Å². The molecule has 0 aliphatic carbocycles. The van der Waals surface area contributed by atoms with Crippen LogP contribution in [0.4, 0.5) is 0 Å². The van der Waals surface area contributed by atoms with Crippen molar-refractivity contribution in [2.45, 2.75) is 32.2 Å². The van der Waals surface area contributed by atoms with Crippen molar-refractivity contribution in [3.8, 4) is 0 Å². The summed E-state index contributed by atoms with van der Waals surface area (Å²) < 4.78 is 0. The van der Waals surface area contributed by atoms with Gasteiger partial charge in [-0.3, -0.25) is 4.90 Å². The first kappa shape index (κ1) is 13.4. The fourth-order valence-electron chi connectivity index (χ4n) is 3.27. The lowest BCUT2D eigenvalue weighted by Gasteiger charge is -2.35. The van der Waals surface area contributed by atoms with Gasteiger partial charge < -0.3 is 0 Å². The summed E-state index contributed by atoms with van der Waals surface area (Å²) in [6.07, 6.45) is 4.04. The highest BCUT2D eigenvalue weighted by atomic mass is 15.2. The molecule has 3 rings (SSSR count). The monoisotopic (exact) mass is 265 g/mol. The average Bonchev–Trinajstić information content (AvgIpc) is 2.50. The van der Waals surface area contributed by atoms with Crippen molar-refractivity contribution >= 4 is 0 Å². The molecule has 0 aromatic heterocycles. The van der Waals surface area contributed by atoms with Gasteiger partial charge >= 0.3 is 0 Å². The van der Waals surface area contributed by atoms with E-state index in [1.165, 1.54) is 49.0 Å². The van der Waals surface area contributed by atoms with Crippen molar-refractivity contribution in [3.05, 3.63) is 71.3 Å². The number of benzene rings is 2. The van der Waals surface area contributed by atoms with Crippen LogP contribution in [0.25, 0.3) is 0 Å².